The molecule has 0 aliphatic heterocycles. The van der Waals surface area contributed by atoms with Crippen LogP contribution < -0.4 is 10.1 Å². The van der Waals surface area contributed by atoms with Gasteiger partial charge in [-0.2, -0.15) is 0 Å². The standard InChI is InChI=1S/C22H26ClNO4/c1-15(2)18-12-19(23)16(3)11-20(18)27-14-22(26)28-13-21(25)24-10-9-17-7-5-4-6-8-17/h4-8,11-12,15H,9-10,13-14H2,1-3H3,(H,24,25). The van der Waals surface area contributed by atoms with Crippen LogP contribution in [0.3, 0.4) is 0 Å². The van der Waals surface area contributed by atoms with Gasteiger partial charge in [0.25, 0.3) is 5.91 Å². The minimum atomic E-state index is -0.597. The lowest BCUT2D eigenvalue weighted by molar-refractivity contribution is -0.150. The molecule has 150 valence electrons. The van der Waals surface area contributed by atoms with Crippen LogP contribution in [0, 0.1) is 6.92 Å². The fraction of sp³-hybridized carbons (Fsp3) is 0.364. The van der Waals surface area contributed by atoms with E-state index in [1.165, 1.54) is 0 Å². The topological polar surface area (TPSA) is 64.6 Å². The van der Waals surface area contributed by atoms with Gasteiger partial charge < -0.3 is 14.8 Å². The summed E-state index contributed by atoms with van der Waals surface area (Å²) in [6.45, 7) is 5.81. The van der Waals surface area contributed by atoms with Crippen LogP contribution in [0.1, 0.15) is 36.5 Å². The quantitative estimate of drug-likeness (QED) is 0.641. The largest absolute Gasteiger partial charge is 0.482 e. The van der Waals surface area contributed by atoms with Crippen molar-refractivity contribution in [1.82, 2.24) is 5.32 Å². The Morgan fingerprint density at radius 1 is 1.11 bits per heavy atom. The van der Waals surface area contributed by atoms with Crippen LogP contribution in [0.5, 0.6) is 5.75 Å². The zero-order chi connectivity index (χ0) is 20.5. The van der Waals surface area contributed by atoms with E-state index in [1.807, 2.05) is 57.2 Å². The van der Waals surface area contributed by atoms with Crippen molar-refractivity contribution < 1.29 is 19.1 Å². The number of amides is 1. The van der Waals surface area contributed by atoms with Crippen LogP contribution in [0.25, 0.3) is 0 Å². The number of benzene rings is 2. The molecule has 0 bridgehead atoms. The highest BCUT2D eigenvalue weighted by atomic mass is 35.5. The van der Waals surface area contributed by atoms with Crippen molar-refractivity contribution in [3.63, 3.8) is 0 Å². The van der Waals surface area contributed by atoms with Crippen molar-refractivity contribution in [2.45, 2.75) is 33.1 Å². The predicted octanol–water partition coefficient (Wildman–Crippen LogP) is 4.05. The molecule has 2 rings (SSSR count). The number of carbonyl (C=O) groups excluding carboxylic acids is 2. The first-order valence-electron chi connectivity index (χ1n) is 9.26. The van der Waals surface area contributed by atoms with E-state index in [0.717, 1.165) is 23.1 Å². The smallest absolute Gasteiger partial charge is 0.344 e. The summed E-state index contributed by atoms with van der Waals surface area (Å²) in [6.07, 6.45) is 0.720. The van der Waals surface area contributed by atoms with Crippen molar-refractivity contribution in [3.05, 3.63) is 64.2 Å². The summed E-state index contributed by atoms with van der Waals surface area (Å²) in [5.74, 6) is -0.143. The molecule has 28 heavy (non-hydrogen) atoms. The second-order valence-corrected chi connectivity index (χ2v) is 7.24. The Morgan fingerprint density at radius 2 is 1.82 bits per heavy atom. The van der Waals surface area contributed by atoms with E-state index >= 15 is 0 Å². The lowest BCUT2D eigenvalue weighted by atomic mass is 10.0. The number of aryl methyl sites for hydroxylation is 1. The summed E-state index contributed by atoms with van der Waals surface area (Å²) < 4.78 is 10.6. The fourth-order valence-electron chi connectivity index (χ4n) is 2.61. The summed E-state index contributed by atoms with van der Waals surface area (Å²) in [6, 6.07) is 13.5. The van der Waals surface area contributed by atoms with Gasteiger partial charge in [-0.25, -0.2) is 4.79 Å². The molecule has 6 heteroatoms. The van der Waals surface area contributed by atoms with Crippen molar-refractivity contribution >= 4 is 23.5 Å². The minimum Gasteiger partial charge on any atom is -0.482 e. The summed E-state index contributed by atoms with van der Waals surface area (Å²) in [5.41, 5.74) is 2.92. The molecule has 0 aromatic heterocycles. The van der Waals surface area contributed by atoms with Crippen LogP contribution in [0.15, 0.2) is 42.5 Å². The Hall–Kier alpha value is -2.53. The van der Waals surface area contributed by atoms with Gasteiger partial charge in [-0.05, 0) is 48.1 Å². The molecule has 0 fully saturated rings. The SMILES string of the molecule is Cc1cc(OCC(=O)OCC(=O)NCCc2ccccc2)c(C(C)C)cc1Cl. The third kappa shape index (κ3) is 6.89. The number of esters is 1. The van der Waals surface area contributed by atoms with Crippen LogP contribution in [0.2, 0.25) is 5.02 Å². The van der Waals surface area contributed by atoms with Gasteiger partial charge in [-0.3, -0.25) is 4.79 Å². The fourth-order valence-corrected chi connectivity index (χ4v) is 2.79. The second-order valence-electron chi connectivity index (χ2n) is 6.83. The lowest BCUT2D eigenvalue weighted by Crippen LogP contribution is -2.31. The molecule has 1 N–H and O–H groups in total. The maximum Gasteiger partial charge on any atom is 0.344 e. The number of rotatable bonds is 9. The summed E-state index contributed by atoms with van der Waals surface area (Å²) in [4.78, 5) is 23.7. The average Bonchev–Trinajstić information content (AvgIpc) is 2.67. The highest BCUT2D eigenvalue weighted by Crippen LogP contribution is 2.31. The second kappa shape index (κ2) is 10.7. The van der Waals surface area contributed by atoms with Crippen molar-refractivity contribution in [2.75, 3.05) is 19.8 Å². The van der Waals surface area contributed by atoms with Crippen molar-refractivity contribution in [1.29, 1.82) is 0 Å². The molecule has 2 aromatic carbocycles. The number of hydrogen-bond acceptors (Lipinski definition) is 4. The Bertz CT molecular complexity index is 806. The zero-order valence-corrected chi connectivity index (χ0v) is 17.2. The normalized spacial score (nSPS) is 10.6. The number of carbonyl (C=O) groups is 2. The van der Waals surface area contributed by atoms with Gasteiger partial charge in [0.15, 0.2) is 13.2 Å². The Morgan fingerprint density at radius 3 is 2.50 bits per heavy atom. The van der Waals surface area contributed by atoms with Gasteiger partial charge in [0.2, 0.25) is 0 Å². The highest BCUT2D eigenvalue weighted by molar-refractivity contribution is 6.31. The van der Waals surface area contributed by atoms with E-state index in [-0.39, 0.29) is 25.0 Å². The molecule has 5 nitrogen and oxygen atoms in total. The first-order chi connectivity index (χ1) is 13.4. The zero-order valence-electron chi connectivity index (χ0n) is 16.5. The summed E-state index contributed by atoms with van der Waals surface area (Å²) in [5, 5.41) is 3.38. The Balaban J connectivity index is 1.74. The van der Waals surface area contributed by atoms with Crippen molar-refractivity contribution in [2.24, 2.45) is 0 Å². The van der Waals surface area contributed by atoms with Gasteiger partial charge in [0, 0.05) is 11.6 Å². The van der Waals surface area contributed by atoms with E-state index in [9.17, 15) is 9.59 Å². The first kappa shape index (κ1) is 21.8. The van der Waals surface area contributed by atoms with Gasteiger partial charge in [0.1, 0.15) is 5.75 Å². The molecule has 2 aromatic rings. The summed E-state index contributed by atoms with van der Waals surface area (Å²) in [7, 11) is 0. The molecular weight excluding hydrogens is 378 g/mol. The van der Waals surface area contributed by atoms with E-state index in [2.05, 4.69) is 5.32 Å². The van der Waals surface area contributed by atoms with Gasteiger partial charge in [-0.15, -0.1) is 0 Å². The first-order valence-corrected chi connectivity index (χ1v) is 9.63. The molecule has 0 spiro atoms. The molecule has 0 saturated heterocycles. The van der Waals surface area contributed by atoms with Crippen LogP contribution >= 0.6 is 11.6 Å². The Labute approximate surface area is 171 Å². The third-order valence-electron chi connectivity index (χ3n) is 4.20. The third-order valence-corrected chi connectivity index (χ3v) is 4.61. The Kier molecular flexibility index (Phi) is 8.33. The monoisotopic (exact) mass is 403 g/mol. The molecule has 0 unspecified atom stereocenters. The van der Waals surface area contributed by atoms with E-state index < -0.39 is 5.97 Å². The minimum absolute atomic E-state index is 0.194. The molecular formula is C22H26ClNO4. The lowest BCUT2D eigenvalue weighted by Gasteiger charge is -2.15. The molecule has 0 aliphatic carbocycles. The maximum absolute atomic E-state index is 11.9. The highest BCUT2D eigenvalue weighted by Gasteiger charge is 2.14. The van der Waals surface area contributed by atoms with Crippen LogP contribution in [-0.4, -0.2) is 31.6 Å². The molecule has 0 aliphatic rings. The van der Waals surface area contributed by atoms with E-state index in [4.69, 9.17) is 21.1 Å². The van der Waals surface area contributed by atoms with Crippen molar-refractivity contribution in [3.8, 4) is 5.75 Å². The maximum atomic E-state index is 11.9. The number of ether oxygens (including phenoxy) is 2. The number of nitrogens with one attached hydrogen (secondary N) is 1. The molecule has 0 radical (unpaired) electrons. The van der Waals surface area contributed by atoms with E-state index in [0.29, 0.717) is 17.3 Å². The number of hydrogen-bond donors (Lipinski definition) is 1. The molecule has 1 amide bonds. The van der Waals surface area contributed by atoms with E-state index in [1.54, 1.807) is 6.07 Å². The van der Waals surface area contributed by atoms with Gasteiger partial charge in [-0.1, -0.05) is 55.8 Å². The predicted molar refractivity (Wildman–Crippen MR) is 110 cm³/mol. The molecule has 0 saturated carbocycles. The van der Waals surface area contributed by atoms with Crippen LogP contribution in [-0.2, 0) is 20.7 Å². The van der Waals surface area contributed by atoms with Crippen LogP contribution in [0.4, 0.5) is 0 Å². The molecule has 0 atom stereocenters. The molecule has 0 heterocycles. The average molecular weight is 404 g/mol. The summed E-state index contributed by atoms with van der Waals surface area (Å²) >= 11 is 6.17. The number of halogens is 1. The van der Waals surface area contributed by atoms with Gasteiger partial charge >= 0.3 is 5.97 Å². The van der Waals surface area contributed by atoms with Gasteiger partial charge in [0.05, 0.1) is 0 Å².